The molecule has 0 fully saturated rings. The van der Waals surface area contributed by atoms with Gasteiger partial charge in [-0.15, -0.1) is 5.16 Å². The van der Waals surface area contributed by atoms with Crippen molar-refractivity contribution < 1.29 is 4.84 Å². The van der Waals surface area contributed by atoms with Crippen molar-refractivity contribution in [1.82, 2.24) is 0 Å². The molecule has 3 heteroatoms. The Bertz CT molecular complexity index is 156. The van der Waals surface area contributed by atoms with Crippen molar-refractivity contribution in [3.8, 4) is 0 Å². The minimum atomic E-state index is -1.23. The largest absolute Gasteiger partial charge is 0.397 e. The number of hydrogen-bond acceptors (Lipinski definition) is 2. The molecule has 0 rings (SSSR count). The fourth-order valence-electron chi connectivity index (χ4n) is 1.78. The molecule has 0 spiro atoms. The van der Waals surface area contributed by atoms with Crippen LogP contribution in [0.3, 0.4) is 0 Å². The molecular weight excluding hydrogens is 178 g/mol. The average Bonchev–Trinajstić information content (AvgIpc) is 2.18. The number of hydrogen-bond donors (Lipinski definition) is 0. The first-order valence-corrected chi connectivity index (χ1v) is 7.96. The molecule has 0 heterocycles. The molecule has 0 aliphatic carbocycles. The van der Waals surface area contributed by atoms with E-state index >= 15 is 0 Å². The third-order valence-corrected chi connectivity index (χ3v) is 8.82. The molecule has 0 aromatic carbocycles. The Hall–Kier alpha value is -0.313. The molecule has 78 valence electrons. The minimum Gasteiger partial charge on any atom is -0.397 e. The number of rotatable bonds is 6. The highest BCUT2D eigenvalue weighted by atomic mass is 28.3. The zero-order valence-corrected chi connectivity index (χ0v) is 10.7. The van der Waals surface area contributed by atoms with E-state index in [0.717, 1.165) is 0 Å². The van der Waals surface area contributed by atoms with Crippen LogP contribution in [-0.4, -0.2) is 20.0 Å². The van der Waals surface area contributed by atoms with Crippen molar-refractivity contribution in [2.45, 2.75) is 52.8 Å². The number of nitrogens with zero attached hydrogens (tertiary/aromatic N) is 1. The van der Waals surface area contributed by atoms with Gasteiger partial charge in [-0.05, 0) is 13.8 Å². The lowest BCUT2D eigenvalue weighted by Crippen LogP contribution is -2.40. The molecular formula is C10H23NOSi. The van der Waals surface area contributed by atoms with E-state index in [4.69, 9.17) is 4.84 Å². The Morgan fingerprint density at radius 1 is 1.08 bits per heavy atom. The van der Waals surface area contributed by atoms with Gasteiger partial charge in [0.1, 0.15) is 14.7 Å². The van der Waals surface area contributed by atoms with Crippen LogP contribution in [0, 0.1) is 0 Å². The molecule has 0 unspecified atom stereocenters. The first-order valence-electron chi connectivity index (χ1n) is 5.33. The molecule has 0 saturated heterocycles. The Balaban J connectivity index is 4.52. The van der Waals surface area contributed by atoms with Gasteiger partial charge in [0.15, 0.2) is 0 Å². The van der Waals surface area contributed by atoms with E-state index in [1.54, 1.807) is 0 Å². The Kier molecular flexibility index (Phi) is 6.04. The fourth-order valence-corrected chi connectivity index (χ4v) is 5.07. The molecule has 0 amide bonds. The standard InChI is InChI=1S/C10H23NOSi/c1-6-12-11-10(5)13(7-2,8-3)9-4/h6-9H2,1-5H3. The van der Waals surface area contributed by atoms with Crippen LogP contribution in [-0.2, 0) is 4.84 Å². The van der Waals surface area contributed by atoms with Crippen LogP contribution in [0.25, 0.3) is 0 Å². The van der Waals surface area contributed by atoms with Crippen LogP contribution < -0.4 is 0 Å². The summed E-state index contributed by atoms with van der Waals surface area (Å²) >= 11 is 0. The first kappa shape index (κ1) is 12.7. The molecule has 0 aliphatic rings. The van der Waals surface area contributed by atoms with Crippen LogP contribution in [0.5, 0.6) is 0 Å². The molecule has 0 aromatic rings. The molecule has 0 radical (unpaired) electrons. The van der Waals surface area contributed by atoms with Gasteiger partial charge in [-0.1, -0.05) is 38.9 Å². The lowest BCUT2D eigenvalue weighted by Gasteiger charge is -2.26. The van der Waals surface area contributed by atoms with Gasteiger partial charge in [-0.2, -0.15) is 0 Å². The zero-order valence-electron chi connectivity index (χ0n) is 9.68. The molecule has 2 nitrogen and oxygen atoms in total. The first-order chi connectivity index (χ1) is 6.16. The molecule has 0 bridgehead atoms. The predicted octanol–water partition coefficient (Wildman–Crippen LogP) is 3.45. The van der Waals surface area contributed by atoms with Gasteiger partial charge < -0.3 is 4.84 Å². The minimum absolute atomic E-state index is 0.680. The van der Waals surface area contributed by atoms with Crippen LogP contribution in [0.15, 0.2) is 5.16 Å². The van der Waals surface area contributed by atoms with Crippen LogP contribution in [0.2, 0.25) is 18.1 Å². The summed E-state index contributed by atoms with van der Waals surface area (Å²) in [4.78, 5) is 5.13. The second-order valence-electron chi connectivity index (χ2n) is 3.44. The molecule has 13 heavy (non-hydrogen) atoms. The topological polar surface area (TPSA) is 21.6 Å². The van der Waals surface area contributed by atoms with Gasteiger partial charge in [0.2, 0.25) is 0 Å². The molecule has 0 atom stereocenters. The van der Waals surface area contributed by atoms with Crippen LogP contribution in [0.4, 0.5) is 0 Å². The predicted molar refractivity (Wildman–Crippen MR) is 61.9 cm³/mol. The SMILES string of the molecule is CCON=C(C)[Si](CC)(CC)CC. The van der Waals surface area contributed by atoms with Gasteiger partial charge >= 0.3 is 0 Å². The van der Waals surface area contributed by atoms with Gasteiger partial charge in [0, 0.05) is 5.33 Å². The fraction of sp³-hybridized carbons (Fsp3) is 0.900. The second-order valence-corrected chi connectivity index (χ2v) is 8.84. The lowest BCUT2D eigenvalue weighted by atomic mass is 10.8. The summed E-state index contributed by atoms with van der Waals surface area (Å²) in [5, 5.41) is 5.49. The van der Waals surface area contributed by atoms with Gasteiger partial charge in [0.25, 0.3) is 0 Å². The van der Waals surface area contributed by atoms with Crippen molar-refractivity contribution in [3.05, 3.63) is 0 Å². The van der Waals surface area contributed by atoms with Crippen molar-refractivity contribution in [1.29, 1.82) is 0 Å². The maximum absolute atomic E-state index is 5.13. The quantitative estimate of drug-likeness (QED) is 0.366. The second kappa shape index (κ2) is 6.19. The van der Waals surface area contributed by atoms with Crippen LogP contribution >= 0.6 is 0 Å². The van der Waals surface area contributed by atoms with E-state index in [-0.39, 0.29) is 0 Å². The monoisotopic (exact) mass is 201 g/mol. The average molecular weight is 201 g/mol. The summed E-state index contributed by atoms with van der Waals surface area (Å²) in [7, 11) is -1.23. The summed E-state index contributed by atoms with van der Waals surface area (Å²) in [5.41, 5.74) is 0. The van der Waals surface area contributed by atoms with E-state index < -0.39 is 8.07 Å². The normalized spacial score (nSPS) is 13.2. The zero-order chi connectivity index (χ0) is 10.3. The summed E-state index contributed by atoms with van der Waals surface area (Å²) in [6, 6.07) is 3.84. The summed E-state index contributed by atoms with van der Waals surface area (Å²) in [5.74, 6) is 0. The van der Waals surface area contributed by atoms with Gasteiger partial charge in [-0.3, -0.25) is 0 Å². The van der Waals surface area contributed by atoms with E-state index in [2.05, 4.69) is 32.9 Å². The lowest BCUT2D eigenvalue weighted by molar-refractivity contribution is 0.159. The van der Waals surface area contributed by atoms with Gasteiger partial charge in [0.05, 0.1) is 0 Å². The summed E-state index contributed by atoms with van der Waals surface area (Å²) in [6.45, 7) is 11.6. The smallest absolute Gasteiger partial charge is 0.114 e. The molecule has 0 saturated carbocycles. The number of oxime groups is 1. The van der Waals surface area contributed by atoms with Crippen molar-refractivity contribution >= 4 is 13.4 Å². The Morgan fingerprint density at radius 2 is 1.54 bits per heavy atom. The van der Waals surface area contributed by atoms with Gasteiger partial charge in [-0.25, -0.2) is 0 Å². The third kappa shape index (κ3) is 3.14. The molecule has 0 aromatic heterocycles. The Labute approximate surface area is 83.4 Å². The van der Waals surface area contributed by atoms with E-state index in [9.17, 15) is 0 Å². The maximum atomic E-state index is 5.13. The van der Waals surface area contributed by atoms with E-state index in [1.165, 1.54) is 23.5 Å². The molecule has 0 N–H and O–H groups in total. The van der Waals surface area contributed by atoms with Crippen molar-refractivity contribution in [3.63, 3.8) is 0 Å². The maximum Gasteiger partial charge on any atom is 0.114 e. The highest BCUT2D eigenvalue weighted by Crippen LogP contribution is 2.21. The highest BCUT2D eigenvalue weighted by Gasteiger charge is 2.30. The summed E-state index contributed by atoms with van der Waals surface area (Å²) < 4.78 is 0. The van der Waals surface area contributed by atoms with E-state index in [1.807, 2.05) is 6.92 Å². The van der Waals surface area contributed by atoms with E-state index in [0.29, 0.717) is 6.61 Å². The van der Waals surface area contributed by atoms with Crippen molar-refractivity contribution in [2.75, 3.05) is 6.61 Å². The van der Waals surface area contributed by atoms with Crippen molar-refractivity contribution in [2.24, 2.45) is 5.16 Å². The highest BCUT2D eigenvalue weighted by molar-refractivity contribution is 7.06. The Morgan fingerprint density at radius 3 is 1.85 bits per heavy atom. The summed E-state index contributed by atoms with van der Waals surface area (Å²) in [6.07, 6.45) is 0. The molecule has 0 aliphatic heterocycles. The third-order valence-electron chi connectivity index (χ3n) is 3.13. The van der Waals surface area contributed by atoms with Crippen LogP contribution in [0.1, 0.15) is 34.6 Å².